The summed E-state index contributed by atoms with van der Waals surface area (Å²) in [4.78, 5) is 17.5. The van der Waals surface area contributed by atoms with Crippen molar-refractivity contribution in [2.75, 3.05) is 0 Å². The fraction of sp³-hybridized carbons (Fsp3) is 0.364. The molecule has 1 aromatic heterocycles. The van der Waals surface area contributed by atoms with Crippen LogP contribution >= 0.6 is 0 Å². The van der Waals surface area contributed by atoms with Crippen LogP contribution in [0.4, 0.5) is 0 Å². The number of nitrogens with zero attached hydrogens (tertiary/aromatic N) is 1. The first-order chi connectivity index (χ1) is 13.8. The maximum Gasteiger partial charge on any atom is 0.328 e. The van der Waals surface area contributed by atoms with Gasteiger partial charge in [0.05, 0.1) is 4.90 Å². The highest BCUT2D eigenvalue weighted by Gasteiger charge is 2.54. The molecular weight excluding hydrogens is 390 g/mol. The van der Waals surface area contributed by atoms with E-state index in [0.717, 1.165) is 11.1 Å². The quantitative estimate of drug-likeness (QED) is 0.581. The molecule has 152 valence electrons. The molecule has 0 bridgehead atoms. The van der Waals surface area contributed by atoms with Crippen molar-refractivity contribution >= 4 is 26.9 Å². The number of hydrogen-bond acceptors (Lipinski definition) is 6. The van der Waals surface area contributed by atoms with Gasteiger partial charge in [-0.2, -0.15) is 0 Å². The summed E-state index contributed by atoms with van der Waals surface area (Å²) in [5, 5.41) is 0. The first-order valence-electron chi connectivity index (χ1n) is 9.67. The molecule has 0 unspecified atom stereocenters. The predicted octanol–water partition coefficient (Wildman–Crippen LogP) is 4.27. The first-order valence-corrected chi connectivity index (χ1v) is 11.2. The highest BCUT2D eigenvalue weighted by Crippen LogP contribution is 2.42. The molecule has 29 heavy (non-hydrogen) atoms. The van der Waals surface area contributed by atoms with Crippen LogP contribution in [0.3, 0.4) is 0 Å². The van der Waals surface area contributed by atoms with E-state index >= 15 is 0 Å². The molecule has 1 aliphatic carbocycles. The van der Waals surface area contributed by atoms with Crippen LogP contribution < -0.4 is 0 Å². The lowest BCUT2D eigenvalue weighted by atomic mass is 10.1. The van der Waals surface area contributed by atoms with Crippen molar-refractivity contribution in [1.82, 2.24) is 4.98 Å². The van der Waals surface area contributed by atoms with Gasteiger partial charge in [-0.1, -0.05) is 31.0 Å². The van der Waals surface area contributed by atoms with Crippen LogP contribution in [-0.2, 0) is 26.0 Å². The summed E-state index contributed by atoms with van der Waals surface area (Å²) in [5.74, 6) is -0.480. The predicted molar refractivity (Wildman–Crippen MR) is 108 cm³/mol. The summed E-state index contributed by atoms with van der Waals surface area (Å²) in [6, 6.07) is 12.2. The zero-order valence-electron chi connectivity index (χ0n) is 16.5. The SMILES string of the molecule is Cc1ccc(S(=O)(=O)C2(C(=O)OCc3nc4ccccc4o3)CCCC2)cc1C. The maximum absolute atomic E-state index is 13.5. The van der Waals surface area contributed by atoms with Crippen LogP contribution in [-0.4, -0.2) is 24.1 Å². The first kappa shape index (κ1) is 19.6. The van der Waals surface area contributed by atoms with Crippen molar-refractivity contribution < 1.29 is 22.4 Å². The minimum Gasteiger partial charge on any atom is -0.454 e. The van der Waals surface area contributed by atoms with Gasteiger partial charge in [-0.25, -0.2) is 13.4 Å². The van der Waals surface area contributed by atoms with Gasteiger partial charge in [0.2, 0.25) is 5.89 Å². The Balaban J connectivity index is 1.61. The summed E-state index contributed by atoms with van der Waals surface area (Å²) >= 11 is 0. The van der Waals surface area contributed by atoms with Gasteiger partial charge in [0, 0.05) is 0 Å². The largest absolute Gasteiger partial charge is 0.454 e. The monoisotopic (exact) mass is 413 g/mol. The van der Waals surface area contributed by atoms with Crippen LogP contribution in [0.5, 0.6) is 0 Å². The number of benzene rings is 2. The van der Waals surface area contributed by atoms with Crippen LogP contribution in [0, 0.1) is 13.8 Å². The van der Waals surface area contributed by atoms with Gasteiger partial charge in [-0.3, -0.25) is 4.79 Å². The second kappa shape index (κ2) is 7.30. The summed E-state index contributed by atoms with van der Waals surface area (Å²) in [6.07, 6.45) is 1.85. The van der Waals surface area contributed by atoms with E-state index < -0.39 is 20.6 Å². The number of hydrogen-bond donors (Lipinski definition) is 0. The maximum atomic E-state index is 13.5. The highest BCUT2D eigenvalue weighted by atomic mass is 32.2. The van der Waals surface area contributed by atoms with E-state index in [0.29, 0.717) is 23.9 Å². The zero-order chi connectivity index (χ0) is 20.6. The molecule has 0 atom stereocenters. The summed E-state index contributed by atoms with van der Waals surface area (Å²) in [6.45, 7) is 3.59. The number of aromatic nitrogens is 1. The number of sulfone groups is 1. The third-order valence-corrected chi connectivity index (χ3v) is 8.23. The van der Waals surface area contributed by atoms with Gasteiger partial charge in [0.15, 0.2) is 26.8 Å². The summed E-state index contributed by atoms with van der Waals surface area (Å²) in [7, 11) is -3.89. The summed E-state index contributed by atoms with van der Waals surface area (Å²) in [5.41, 5.74) is 3.13. The van der Waals surface area contributed by atoms with E-state index in [1.807, 2.05) is 26.0 Å². The molecule has 4 rings (SSSR count). The van der Waals surface area contributed by atoms with E-state index in [2.05, 4.69) is 4.98 Å². The van der Waals surface area contributed by atoms with Gasteiger partial charge >= 0.3 is 5.97 Å². The van der Waals surface area contributed by atoms with Crippen LogP contribution in [0.15, 0.2) is 51.8 Å². The molecule has 1 heterocycles. The van der Waals surface area contributed by atoms with Crippen LogP contribution in [0.1, 0.15) is 42.7 Å². The Hall–Kier alpha value is -2.67. The number of carbonyl (C=O) groups is 1. The number of ether oxygens (including phenoxy) is 1. The Morgan fingerprint density at radius 2 is 1.83 bits per heavy atom. The molecule has 0 radical (unpaired) electrons. The van der Waals surface area contributed by atoms with Crippen molar-refractivity contribution in [3.05, 3.63) is 59.5 Å². The van der Waals surface area contributed by atoms with Gasteiger partial charge < -0.3 is 9.15 Å². The van der Waals surface area contributed by atoms with Crippen molar-refractivity contribution in [2.24, 2.45) is 0 Å². The van der Waals surface area contributed by atoms with Gasteiger partial charge in [0.25, 0.3) is 0 Å². The van der Waals surface area contributed by atoms with Crippen molar-refractivity contribution in [3.8, 4) is 0 Å². The Labute approximate surface area is 169 Å². The second-order valence-corrected chi connectivity index (χ2v) is 9.86. The van der Waals surface area contributed by atoms with Crippen molar-refractivity contribution in [1.29, 1.82) is 0 Å². The molecule has 0 N–H and O–H groups in total. The standard InChI is InChI=1S/C22H23NO5S/c1-15-9-10-17(13-16(15)2)29(25,26)22(11-5-6-12-22)21(24)27-14-20-23-18-7-3-4-8-19(18)28-20/h3-4,7-10,13H,5-6,11-12,14H2,1-2H3. The molecule has 0 amide bonds. The number of carbonyl (C=O) groups excluding carboxylic acids is 1. The molecule has 0 saturated heterocycles. The van der Waals surface area contributed by atoms with E-state index in [1.165, 1.54) is 0 Å². The Bertz CT molecular complexity index is 1140. The van der Waals surface area contributed by atoms with E-state index in [9.17, 15) is 13.2 Å². The lowest BCUT2D eigenvalue weighted by Crippen LogP contribution is -2.45. The lowest BCUT2D eigenvalue weighted by molar-refractivity contribution is -0.148. The molecular formula is C22H23NO5S. The smallest absolute Gasteiger partial charge is 0.328 e. The number of esters is 1. The molecule has 3 aromatic rings. The molecule has 1 aliphatic rings. The number of oxazole rings is 1. The second-order valence-electron chi connectivity index (χ2n) is 7.60. The molecule has 0 aliphatic heterocycles. The fourth-order valence-corrected chi connectivity index (χ4v) is 6.01. The number of rotatable bonds is 5. The van der Waals surface area contributed by atoms with Crippen LogP contribution in [0.25, 0.3) is 11.1 Å². The Kier molecular flexibility index (Phi) is 4.94. The molecule has 0 spiro atoms. The van der Waals surface area contributed by atoms with E-state index in [4.69, 9.17) is 9.15 Å². The van der Waals surface area contributed by atoms with Gasteiger partial charge in [0.1, 0.15) is 5.52 Å². The molecule has 2 aromatic carbocycles. The Morgan fingerprint density at radius 3 is 2.52 bits per heavy atom. The summed E-state index contributed by atoms with van der Waals surface area (Å²) < 4.78 is 36.4. The van der Waals surface area contributed by atoms with E-state index in [-0.39, 0.29) is 30.2 Å². The zero-order valence-corrected chi connectivity index (χ0v) is 17.3. The van der Waals surface area contributed by atoms with Gasteiger partial charge in [-0.15, -0.1) is 0 Å². The molecule has 6 nitrogen and oxygen atoms in total. The third kappa shape index (κ3) is 3.33. The Morgan fingerprint density at radius 1 is 1.10 bits per heavy atom. The lowest BCUT2D eigenvalue weighted by Gasteiger charge is -2.26. The fourth-order valence-electron chi connectivity index (χ4n) is 3.88. The van der Waals surface area contributed by atoms with Crippen molar-refractivity contribution in [3.63, 3.8) is 0 Å². The molecule has 1 fully saturated rings. The number of aryl methyl sites for hydroxylation is 2. The normalized spacial score (nSPS) is 16.2. The van der Waals surface area contributed by atoms with Crippen molar-refractivity contribution in [2.45, 2.75) is 55.8 Å². The van der Waals surface area contributed by atoms with Crippen LogP contribution in [0.2, 0.25) is 0 Å². The number of fused-ring (bicyclic) bond motifs is 1. The highest BCUT2D eigenvalue weighted by molar-refractivity contribution is 7.93. The molecule has 1 saturated carbocycles. The third-order valence-electron chi connectivity index (χ3n) is 5.75. The van der Waals surface area contributed by atoms with E-state index in [1.54, 1.807) is 30.3 Å². The average molecular weight is 413 g/mol. The topological polar surface area (TPSA) is 86.5 Å². The minimum atomic E-state index is -3.89. The average Bonchev–Trinajstić information content (AvgIpc) is 3.36. The number of para-hydroxylation sites is 2. The minimum absolute atomic E-state index is 0.168. The van der Waals surface area contributed by atoms with Gasteiger partial charge in [-0.05, 0) is 62.1 Å². The molecule has 7 heteroatoms.